The highest BCUT2D eigenvalue weighted by atomic mass is 32.2. The molecule has 0 aromatic carbocycles. The highest BCUT2D eigenvalue weighted by Gasteiger charge is 2.09. The smallest absolute Gasteiger partial charge is 0.284 e. The maximum Gasteiger partial charge on any atom is 0.285 e. The van der Waals surface area contributed by atoms with Crippen molar-refractivity contribution in [2.24, 2.45) is 0 Å². The Labute approximate surface area is 67.6 Å². The molecule has 62 valence electrons. The molecule has 0 fully saturated rings. The van der Waals surface area contributed by atoms with Crippen LogP contribution < -0.4 is 0 Å². The minimum Gasteiger partial charge on any atom is -0.284 e. The fourth-order valence-electron chi connectivity index (χ4n) is 0.438. The van der Waals surface area contributed by atoms with E-state index < -0.39 is 16.0 Å². The molecule has 0 saturated heterocycles. The monoisotopic (exact) mass is 196 g/mol. The average Bonchev–Trinajstić information content (AvgIpc) is 2.12. The third-order valence-corrected chi connectivity index (χ3v) is 1.69. The van der Waals surface area contributed by atoms with Crippen LogP contribution in [0.4, 0.5) is 0 Å². The van der Waals surface area contributed by atoms with Crippen LogP contribution in [-0.2, 0) is 16.0 Å². The van der Waals surface area contributed by atoms with E-state index in [-0.39, 0.29) is 5.16 Å². The van der Waals surface area contributed by atoms with Gasteiger partial charge in [0.1, 0.15) is 0 Å². The van der Waals surface area contributed by atoms with Gasteiger partial charge in [0.25, 0.3) is 10.1 Å². The molecule has 0 atom stereocenters. The summed E-state index contributed by atoms with van der Waals surface area (Å²) in [7, 11) is -4.10. The van der Waals surface area contributed by atoms with Crippen molar-refractivity contribution in [1.82, 2.24) is 20.2 Å². The number of rotatable bonds is 2. The van der Waals surface area contributed by atoms with Crippen LogP contribution in [0, 0.1) is 0 Å². The molecule has 0 radical (unpaired) electrons. The zero-order valence-corrected chi connectivity index (χ0v) is 6.83. The lowest BCUT2D eigenvalue weighted by atomic mass is 11.2. The van der Waals surface area contributed by atoms with Crippen LogP contribution in [0.3, 0.4) is 0 Å². The minimum absolute atomic E-state index is 0.0302. The lowest BCUT2D eigenvalue weighted by Crippen LogP contribution is -2.11. The summed E-state index contributed by atoms with van der Waals surface area (Å²) in [6.07, 6.45) is 0. The number of tetrazole rings is 1. The van der Waals surface area contributed by atoms with Crippen molar-refractivity contribution >= 4 is 22.7 Å². The fourth-order valence-corrected chi connectivity index (χ4v) is 1.17. The second-order valence-corrected chi connectivity index (χ2v) is 3.51. The predicted molar refractivity (Wildman–Crippen MR) is 36.6 cm³/mol. The van der Waals surface area contributed by atoms with E-state index in [1.165, 1.54) is 0 Å². The minimum atomic E-state index is -4.10. The summed E-state index contributed by atoms with van der Waals surface area (Å²) in [4.78, 5) is 0. The third-order valence-electron chi connectivity index (χ3n) is 0.798. The number of thiol groups is 1. The summed E-state index contributed by atoms with van der Waals surface area (Å²) in [5.41, 5.74) is 0. The standard InChI is InChI=1S/C2H4N4O3S2/c7-11(8,9)1-6-2(10)3-4-5-6/h1H2,(H,3,5,10)(H,7,8,9). The van der Waals surface area contributed by atoms with Crippen molar-refractivity contribution < 1.29 is 13.0 Å². The van der Waals surface area contributed by atoms with Gasteiger partial charge in [0.15, 0.2) is 5.88 Å². The molecule has 0 saturated carbocycles. The van der Waals surface area contributed by atoms with E-state index in [4.69, 9.17) is 4.55 Å². The van der Waals surface area contributed by atoms with Gasteiger partial charge in [0.2, 0.25) is 5.16 Å². The Bertz CT molecular complexity index is 342. The summed E-state index contributed by atoms with van der Waals surface area (Å²) < 4.78 is 29.7. The van der Waals surface area contributed by atoms with E-state index in [0.717, 1.165) is 4.68 Å². The largest absolute Gasteiger partial charge is 0.285 e. The maximum atomic E-state index is 10.3. The SMILES string of the molecule is O=S(=O)(O)Cn1nnnc1S. The van der Waals surface area contributed by atoms with Crippen LogP contribution in [0.5, 0.6) is 0 Å². The van der Waals surface area contributed by atoms with Crippen molar-refractivity contribution in [2.75, 3.05) is 0 Å². The summed E-state index contributed by atoms with van der Waals surface area (Å²) in [6.45, 7) is 0. The zero-order chi connectivity index (χ0) is 8.48. The molecule has 1 N–H and O–H groups in total. The molecule has 1 heterocycles. The molecule has 11 heavy (non-hydrogen) atoms. The second-order valence-electron chi connectivity index (χ2n) is 1.69. The Kier molecular flexibility index (Phi) is 2.11. The first kappa shape index (κ1) is 8.43. The van der Waals surface area contributed by atoms with Crippen LogP contribution in [0.2, 0.25) is 0 Å². The van der Waals surface area contributed by atoms with Crippen molar-refractivity contribution in [3.63, 3.8) is 0 Å². The van der Waals surface area contributed by atoms with Crippen LogP contribution in [-0.4, -0.2) is 33.2 Å². The zero-order valence-electron chi connectivity index (χ0n) is 5.12. The molecule has 0 bridgehead atoms. The molecule has 1 rings (SSSR count). The van der Waals surface area contributed by atoms with E-state index in [0.29, 0.717) is 0 Å². The van der Waals surface area contributed by atoms with Crippen molar-refractivity contribution in [2.45, 2.75) is 11.0 Å². The van der Waals surface area contributed by atoms with E-state index in [9.17, 15) is 8.42 Å². The molecule has 9 heteroatoms. The first-order valence-corrected chi connectivity index (χ1v) is 4.45. The van der Waals surface area contributed by atoms with Crippen molar-refractivity contribution in [1.29, 1.82) is 0 Å². The first-order chi connectivity index (χ1) is 4.99. The van der Waals surface area contributed by atoms with Gasteiger partial charge in [0.05, 0.1) is 0 Å². The normalized spacial score (nSPS) is 11.8. The Morgan fingerprint density at radius 3 is 2.64 bits per heavy atom. The summed E-state index contributed by atoms with van der Waals surface area (Å²) >= 11 is 3.71. The van der Waals surface area contributed by atoms with Gasteiger partial charge in [-0.1, -0.05) is 0 Å². The molecule has 0 spiro atoms. The predicted octanol–water partition coefficient (Wildman–Crippen LogP) is -1.19. The number of nitrogens with zero attached hydrogens (tertiary/aromatic N) is 4. The Morgan fingerprint density at radius 1 is 1.64 bits per heavy atom. The molecule has 0 unspecified atom stereocenters. The summed E-state index contributed by atoms with van der Waals surface area (Å²) in [5, 5.41) is 9.68. The second kappa shape index (κ2) is 2.75. The van der Waals surface area contributed by atoms with Gasteiger partial charge in [-0.05, 0) is 10.4 Å². The van der Waals surface area contributed by atoms with Gasteiger partial charge < -0.3 is 0 Å². The van der Waals surface area contributed by atoms with Gasteiger partial charge in [-0.2, -0.15) is 8.42 Å². The Balaban J connectivity index is 2.89. The van der Waals surface area contributed by atoms with Crippen molar-refractivity contribution in [3.05, 3.63) is 0 Å². The molecule has 1 aromatic heterocycles. The quantitative estimate of drug-likeness (QED) is 0.456. The molecule has 0 aliphatic heterocycles. The third kappa shape index (κ3) is 2.44. The lowest BCUT2D eigenvalue weighted by molar-refractivity contribution is 0.460. The molecule has 7 nitrogen and oxygen atoms in total. The van der Waals surface area contributed by atoms with E-state index in [1.807, 2.05) is 0 Å². The molecular formula is C2H4N4O3S2. The molecular weight excluding hydrogens is 192 g/mol. The van der Waals surface area contributed by atoms with E-state index >= 15 is 0 Å². The van der Waals surface area contributed by atoms with Gasteiger partial charge in [-0.15, -0.1) is 17.7 Å². The summed E-state index contributed by atoms with van der Waals surface area (Å²) in [5.74, 6) is -0.682. The molecule has 0 amide bonds. The number of aromatic nitrogens is 4. The highest BCUT2D eigenvalue weighted by Crippen LogP contribution is 1.98. The fraction of sp³-hybridized carbons (Fsp3) is 0.500. The van der Waals surface area contributed by atoms with Gasteiger partial charge in [-0.25, -0.2) is 4.68 Å². The Morgan fingerprint density at radius 2 is 2.27 bits per heavy atom. The van der Waals surface area contributed by atoms with E-state index in [1.54, 1.807) is 0 Å². The Hall–Kier alpha value is -0.670. The van der Waals surface area contributed by atoms with E-state index in [2.05, 4.69) is 28.2 Å². The van der Waals surface area contributed by atoms with Crippen molar-refractivity contribution in [3.8, 4) is 0 Å². The maximum absolute atomic E-state index is 10.3. The number of hydrogen-bond acceptors (Lipinski definition) is 6. The topological polar surface area (TPSA) is 98.0 Å². The van der Waals surface area contributed by atoms with Crippen LogP contribution in [0.25, 0.3) is 0 Å². The molecule has 1 aromatic rings. The van der Waals surface area contributed by atoms with Gasteiger partial charge >= 0.3 is 0 Å². The van der Waals surface area contributed by atoms with Gasteiger partial charge in [-0.3, -0.25) is 4.55 Å². The average molecular weight is 196 g/mol. The van der Waals surface area contributed by atoms with Crippen LogP contribution >= 0.6 is 12.6 Å². The molecule has 0 aliphatic carbocycles. The summed E-state index contributed by atoms with van der Waals surface area (Å²) in [6, 6.07) is 0. The van der Waals surface area contributed by atoms with Crippen LogP contribution in [0.15, 0.2) is 5.16 Å². The first-order valence-electron chi connectivity index (χ1n) is 2.39. The number of hydrogen-bond donors (Lipinski definition) is 2. The lowest BCUT2D eigenvalue weighted by Gasteiger charge is -1.95. The highest BCUT2D eigenvalue weighted by molar-refractivity contribution is 7.84. The van der Waals surface area contributed by atoms with Crippen LogP contribution in [0.1, 0.15) is 0 Å². The molecule has 0 aliphatic rings. The van der Waals surface area contributed by atoms with Gasteiger partial charge in [0, 0.05) is 0 Å².